The molecule has 0 unspecified atom stereocenters. The van der Waals surface area contributed by atoms with Crippen molar-refractivity contribution in [1.82, 2.24) is 15.0 Å². The molecular formula is C23H20N4. The normalized spacial score (nSPS) is 10.7. The lowest BCUT2D eigenvalue weighted by Crippen LogP contribution is -2.07. The van der Waals surface area contributed by atoms with Gasteiger partial charge < -0.3 is 5.32 Å². The largest absolute Gasteiger partial charge is 0.354 e. The molecule has 27 heavy (non-hydrogen) atoms. The number of aromatic nitrogens is 3. The number of hydrogen-bond donors (Lipinski definition) is 1. The summed E-state index contributed by atoms with van der Waals surface area (Å²) in [5, 5.41) is 3.49. The van der Waals surface area contributed by atoms with Crippen LogP contribution in [0.3, 0.4) is 0 Å². The van der Waals surface area contributed by atoms with Crippen molar-refractivity contribution >= 4 is 11.4 Å². The lowest BCUT2D eigenvalue weighted by atomic mass is 9.87. The molecule has 0 fully saturated rings. The summed E-state index contributed by atoms with van der Waals surface area (Å²) in [4.78, 5) is 12.8. The van der Waals surface area contributed by atoms with Crippen LogP contribution in [0.15, 0.2) is 97.8 Å². The summed E-state index contributed by atoms with van der Waals surface area (Å²) < 4.78 is 0. The fraction of sp³-hybridized carbons (Fsp3) is 0.0870. The number of nitrogens with zero attached hydrogens (tertiary/aromatic N) is 3. The summed E-state index contributed by atoms with van der Waals surface area (Å²) in [6.45, 7) is 0. The van der Waals surface area contributed by atoms with E-state index in [1.54, 1.807) is 6.20 Å². The van der Waals surface area contributed by atoms with Crippen LogP contribution in [0.1, 0.15) is 22.6 Å². The molecule has 0 saturated heterocycles. The number of anilines is 2. The summed E-state index contributed by atoms with van der Waals surface area (Å²) in [6, 6.07) is 20.6. The molecular weight excluding hydrogens is 332 g/mol. The molecule has 1 N–H and O–H groups in total. The fourth-order valence-electron chi connectivity index (χ4n) is 3.22. The Morgan fingerprint density at radius 1 is 0.667 bits per heavy atom. The smallest absolute Gasteiger partial charge is 0.0570 e. The molecule has 4 heteroatoms. The first-order valence-electron chi connectivity index (χ1n) is 8.95. The molecule has 3 heterocycles. The molecule has 0 spiro atoms. The molecule has 0 aliphatic carbocycles. The Labute approximate surface area is 159 Å². The number of pyridine rings is 3. The molecule has 4 nitrogen and oxygen atoms in total. The first kappa shape index (κ1) is 16.9. The van der Waals surface area contributed by atoms with Crippen LogP contribution in [0, 0.1) is 0 Å². The summed E-state index contributed by atoms with van der Waals surface area (Å²) >= 11 is 0. The summed E-state index contributed by atoms with van der Waals surface area (Å²) in [6.07, 6.45) is 11.9. The van der Waals surface area contributed by atoms with Crippen molar-refractivity contribution in [3.8, 4) is 0 Å². The Bertz CT molecular complexity index is 933. The van der Waals surface area contributed by atoms with Crippen LogP contribution in [0.2, 0.25) is 0 Å². The maximum atomic E-state index is 4.32. The Morgan fingerprint density at radius 2 is 1.30 bits per heavy atom. The average Bonchev–Trinajstić information content (AvgIpc) is 2.75. The van der Waals surface area contributed by atoms with Gasteiger partial charge in [-0.2, -0.15) is 0 Å². The van der Waals surface area contributed by atoms with E-state index in [4.69, 9.17) is 0 Å². The molecule has 4 rings (SSSR count). The topological polar surface area (TPSA) is 50.7 Å². The Balaban J connectivity index is 1.68. The second-order valence-corrected chi connectivity index (χ2v) is 6.35. The van der Waals surface area contributed by atoms with Crippen molar-refractivity contribution in [1.29, 1.82) is 0 Å². The number of para-hydroxylation sites is 1. The highest BCUT2D eigenvalue weighted by Gasteiger charge is 2.17. The Morgan fingerprint density at radius 3 is 1.89 bits per heavy atom. The van der Waals surface area contributed by atoms with E-state index in [0.29, 0.717) is 0 Å². The maximum Gasteiger partial charge on any atom is 0.0570 e. The minimum absolute atomic E-state index is 0.184. The fourth-order valence-corrected chi connectivity index (χ4v) is 3.22. The van der Waals surface area contributed by atoms with Crippen LogP contribution in [0.5, 0.6) is 0 Å². The highest BCUT2D eigenvalue weighted by molar-refractivity contribution is 5.62. The van der Waals surface area contributed by atoms with Crippen LogP contribution < -0.4 is 5.32 Å². The first-order valence-corrected chi connectivity index (χ1v) is 8.95. The molecule has 0 aliphatic rings. The zero-order chi connectivity index (χ0) is 18.3. The van der Waals surface area contributed by atoms with Crippen LogP contribution in [-0.2, 0) is 6.42 Å². The zero-order valence-electron chi connectivity index (χ0n) is 14.9. The lowest BCUT2D eigenvalue weighted by Gasteiger charge is -2.20. The Kier molecular flexibility index (Phi) is 5.16. The highest BCUT2D eigenvalue weighted by atomic mass is 14.9. The molecule has 0 saturated carbocycles. The minimum atomic E-state index is 0.184. The molecule has 1 aromatic carbocycles. The third-order valence-corrected chi connectivity index (χ3v) is 4.56. The summed E-state index contributed by atoms with van der Waals surface area (Å²) in [7, 11) is 0. The molecule has 0 aliphatic heterocycles. The van der Waals surface area contributed by atoms with Gasteiger partial charge in [0.05, 0.1) is 11.9 Å². The third kappa shape index (κ3) is 4.18. The molecule has 0 amide bonds. The quantitative estimate of drug-likeness (QED) is 0.531. The number of benzene rings is 1. The van der Waals surface area contributed by atoms with Gasteiger partial charge in [-0.25, -0.2) is 0 Å². The van der Waals surface area contributed by atoms with Crippen molar-refractivity contribution in [2.75, 3.05) is 5.32 Å². The molecule has 0 atom stereocenters. The predicted molar refractivity (Wildman–Crippen MR) is 108 cm³/mol. The molecule has 0 bridgehead atoms. The number of nitrogens with one attached hydrogen (secondary N) is 1. The van der Waals surface area contributed by atoms with Gasteiger partial charge in [0, 0.05) is 42.6 Å². The van der Waals surface area contributed by atoms with E-state index < -0.39 is 0 Å². The molecule has 4 aromatic rings. The number of rotatable bonds is 6. The van der Waals surface area contributed by atoms with Crippen molar-refractivity contribution < 1.29 is 0 Å². The van der Waals surface area contributed by atoms with Gasteiger partial charge in [-0.15, -0.1) is 0 Å². The zero-order valence-corrected chi connectivity index (χ0v) is 14.9. The average molecular weight is 352 g/mol. The van der Waals surface area contributed by atoms with Gasteiger partial charge in [0.1, 0.15) is 0 Å². The second kappa shape index (κ2) is 8.23. The van der Waals surface area contributed by atoms with E-state index in [1.165, 1.54) is 16.7 Å². The SMILES string of the molecule is c1cncc(Nc2ccccc2CC(c2cccnc2)c2cccnc2)c1. The molecule has 0 radical (unpaired) electrons. The van der Waals surface area contributed by atoms with E-state index in [0.717, 1.165) is 17.8 Å². The van der Waals surface area contributed by atoms with E-state index >= 15 is 0 Å². The third-order valence-electron chi connectivity index (χ3n) is 4.56. The van der Waals surface area contributed by atoms with E-state index in [9.17, 15) is 0 Å². The lowest BCUT2D eigenvalue weighted by molar-refractivity contribution is 0.795. The van der Waals surface area contributed by atoms with Gasteiger partial charge in [-0.1, -0.05) is 30.3 Å². The van der Waals surface area contributed by atoms with Gasteiger partial charge in [0.25, 0.3) is 0 Å². The van der Waals surface area contributed by atoms with Crippen molar-refractivity contribution in [3.63, 3.8) is 0 Å². The summed E-state index contributed by atoms with van der Waals surface area (Å²) in [5.41, 5.74) is 5.66. The van der Waals surface area contributed by atoms with Gasteiger partial charge in [-0.3, -0.25) is 15.0 Å². The maximum absolute atomic E-state index is 4.32. The minimum Gasteiger partial charge on any atom is -0.354 e. The first-order chi connectivity index (χ1) is 13.4. The van der Waals surface area contributed by atoms with E-state index in [1.807, 2.05) is 61.3 Å². The van der Waals surface area contributed by atoms with Gasteiger partial charge in [0.15, 0.2) is 0 Å². The van der Waals surface area contributed by atoms with Crippen LogP contribution in [-0.4, -0.2) is 15.0 Å². The highest BCUT2D eigenvalue weighted by Crippen LogP contribution is 2.31. The van der Waals surface area contributed by atoms with Crippen LogP contribution in [0.4, 0.5) is 11.4 Å². The van der Waals surface area contributed by atoms with Gasteiger partial charge >= 0.3 is 0 Å². The van der Waals surface area contributed by atoms with Crippen LogP contribution in [0.25, 0.3) is 0 Å². The van der Waals surface area contributed by atoms with E-state index in [-0.39, 0.29) is 5.92 Å². The summed E-state index contributed by atoms with van der Waals surface area (Å²) in [5.74, 6) is 0.184. The van der Waals surface area contributed by atoms with Crippen LogP contribution >= 0.6 is 0 Å². The second-order valence-electron chi connectivity index (χ2n) is 6.35. The van der Waals surface area contributed by atoms with Crippen molar-refractivity contribution in [3.05, 3.63) is 115 Å². The van der Waals surface area contributed by atoms with Gasteiger partial charge in [-0.05, 0) is 53.4 Å². The van der Waals surface area contributed by atoms with Crippen molar-refractivity contribution in [2.24, 2.45) is 0 Å². The molecule has 132 valence electrons. The van der Waals surface area contributed by atoms with Crippen molar-refractivity contribution in [2.45, 2.75) is 12.3 Å². The predicted octanol–water partition coefficient (Wildman–Crippen LogP) is 4.99. The standard InChI is InChI=1S/C23H20N4/c1-2-10-23(27-21-9-5-13-26-17-21)18(6-1)14-22(19-7-3-11-24-15-19)20-8-4-12-25-16-20/h1-13,15-17,22,27H,14H2. The monoisotopic (exact) mass is 352 g/mol. The Hall–Kier alpha value is -3.53. The van der Waals surface area contributed by atoms with E-state index in [2.05, 4.69) is 50.6 Å². The molecule has 3 aromatic heterocycles. The number of hydrogen-bond acceptors (Lipinski definition) is 4. The van der Waals surface area contributed by atoms with Gasteiger partial charge in [0.2, 0.25) is 0 Å².